The molecule has 2 aromatic carbocycles. The first kappa shape index (κ1) is 19.5. The molecule has 1 unspecified atom stereocenters. The van der Waals surface area contributed by atoms with Gasteiger partial charge in [0.25, 0.3) is 5.91 Å². The van der Waals surface area contributed by atoms with Crippen molar-refractivity contribution >= 4 is 17.5 Å². The highest BCUT2D eigenvalue weighted by molar-refractivity contribution is 5.95. The Labute approximate surface area is 155 Å². The molecule has 138 valence electrons. The molecule has 0 aliphatic rings. The summed E-state index contributed by atoms with van der Waals surface area (Å²) in [5.74, 6) is 0.142. The Hall–Kier alpha value is -2.82. The second-order valence-electron chi connectivity index (χ2n) is 6.56. The third-order valence-electron chi connectivity index (χ3n) is 4.32. The Morgan fingerprint density at radius 1 is 1.08 bits per heavy atom. The molecule has 26 heavy (non-hydrogen) atoms. The summed E-state index contributed by atoms with van der Waals surface area (Å²) in [4.78, 5) is 26.1. The van der Waals surface area contributed by atoms with Gasteiger partial charge in [-0.3, -0.25) is 9.59 Å². The summed E-state index contributed by atoms with van der Waals surface area (Å²) in [6.07, 6.45) is -0.670. The third-order valence-corrected chi connectivity index (χ3v) is 4.32. The molecular weight excluding hydrogens is 328 g/mol. The summed E-state index contributed by atoms with van der Waals surface area (Å²) in [6, 6.07) is 13.2. The fourth-order valence-electron chi connectivity index (χ4n) is 2.55. The summed E-state index contributed by atoms with van der Waals surface area (Å²) in [6.45, 7) is 7.58. The number of nitrogens with zero attached hydrogens (tertiary/aromatic N) is 1. The molecule has 1 atom stereocenters. The van der Waals surface area contributed by atoms with Crippen molar-refractivity contribution in [1.82, 2.24) is 4.90 Å². The maximum Gasteiger partial charge on any atom is 0.263 e. The quantitative estimate of drug-likeness (QED) is 0.864. The predicted molar refractivity (Wildman–Crippen MR) is 103 cm³/mol. The van der Waals surface area contributed by atoms with Gasteiger partial charge in [-0.1, -0.05) is 29.8 Å². The first-order chi connectivity index (χ1) is 12.3. The highest BCUT2D eigenvalue weighted by atomic mass is 16.5. The maximum absolute atomic E-state index is 12.4. The molecule has 0 radical (unpaired) electrons. The number of aryl methyl sites for hydroxylation is 2. The lowest BCUT2D eigenvalue weighted by Crippen LogP contribution is -2.42. The number of anilines is 1. The minimum atomic E-state index is -0.670. The normalized spacial score (nSPS) is 11.6. The van der Waals surface area contributed by atoms with Gasteiger partial charge >= 0.3 is 0 Å². The minimum Gasteiger partial charge on any atom is -0.481 e. The zero-order valence-corrected chi connectivity index (χ0v) is 16.0. The average Bonchev–Trinajstić information content (AvgIpc) is 2.60. The van der Waals surface area contributed by atoms with E-state index < -0.39 is 6.10 Å². The molecule has 0 bridgehead atoms. The summed E-state index contributed by atoms with van der Waals surface area (Å²) in [7, 11) is 1.60. The van der Waals surface area contributed by atoms with Gasteiger partial charge in [0.05, 0.1) is 6.54 Å². The second kappa shape index (κ2) is 8.52. The number of nitrogens with one attached hydrogen (secondary N) is 1. The Morgan fingerprint density at radius 2 is 1.73 bits per heavy atom. The molecule has 0 heterocycles. The molecule has 0 spiro atoms. The minimum absolute atomic E-state index is 0.0339. The summed E-state index contributed by atoms with van der Waals surface area (Å²) < 4.78 is 5.66. The Bertz CT molecular complexity index is 784. The lowest BCUT2D eigenvalue weighted by Gasteiger charge is -2.22. The van der Waals surface area contributed by atoms with Crippen LogP contribution in [0.5, 0.6) is 5.75 Å². The number of carbonyl (C=O) groups is 2. The van der Waals surface area contributed by atoms with E-state index >= 15 is 0 Å². The van der Waals surface area contributed by atoms with Gasteiger partial charge in [0.1, 0.15) is 5.75 Å². The van der Waals surface area contributed by atoms with Crippen LogP contribution >= 0.6 is 0 Å². The van der Waals surface area contributed by atoms with Gasteiger partial charge < -0.3 is 15.0 Å². The van der Waals surface area contributed by atoms with Gasteiger partial charge in [-0.15, -0.1) is 0 Å². The van der Waals surface area contributed by atoms with E-state index in [0.717, 1.165) is 22.4 Å². The molecule has 1 N–H and O–H groups in total. The molecule has 5 heteroatoms. The van der Waals surface area contributed by atoms with E-state index in [4.69, 9.17) is 4.74 Å². The standard InChI is InChI=1S/C21H26N2O3/c1-14-9-11-18(12-10-14)26-17(4)21(25)23(5)13-20(24)22-19-8-6-7-15(2)16(19)3/h6-12,17H,13H2,1-5H3,(H,22,24). The number of amides is 2. The zero-order valence-electron chi connectivity index (χ0n) is 16.0. The van der Waals surface area contributed by atoms with Gasteiger partial charge in [-0.2, -0.15) is 0 Å². The number of hydrogen-bond donors (Lipinski definition) is 1. The highest BCUT2D eigenvalue weighted by Crippen LogP contribution is 2.18. The summed E-state index contributed by atoms with van der Waals surface area (Å²) >= 11 is 0. The molecule has 2 aromatic rings. The van der Waals surface area contributed by atoms with Gasteiger partial charge in [0.2, 0.25) is 5.91 Å². The van der Waals surface area contributed by atoms with Crippen molar-refractivity contribution in [2.45, 2.75) is 33.8 Å². The molecular formula is C21H26N2O3. The topological polar surface area (TPSA) is 58.6 Å². The predicted octanol–water partition coefficient (Wildman–Crippen LogP) is 3.48. The van der Waals surface area contributed by atoms with Crippen LogP contribution in [-0.2, 0) is 9.59 Å². The van der Waals surface area contributed by atoms with Crippen molar-refractivity contribution in [2.75, 3.05) is 18.9 Å². The molecule has 0 saturated heterocycles. The third kappa shape index (κ3) is 5.09. The van der Waals surface area contributed by atoms with E-state index in [0.29, 0.717) is 5.75 Å². The Morgan fingerprint density at radius 3 is 2.38 bits per heavy atom. The first-order valence-electron chi connectivity index (χ1n) is 8.62. The van der Waals surface area contributed by atoms with E-state index in [9.17, 15) is 9.59 Å². The van der Waals surface area contributed by atoms with Gasteiger partial charge in [-0.25, -0.2) is 0 Å². The van der Waals surface area contributed by atoms with Gasteiger partial charge in [-0.05, 0) is 57.0 Å². The van der Waals surface area contributed by atoms with Crippen molar-refractivity contribution in [3.8, 4) is 5.75 Å². The van der Waals surface area contributed by atoms with Crippen LogP contribution in [0.15, 0.2) is 42.5 Å². The smallest absolute Gasteiger partial charge is 0.263 e. The largest absolute Gasteiger partial charge is 0.481 e. The molecule has 5 nitrogen and oxygen atoms in total. The van der Waals surface area contributed by atoms with Crippen molar-refractivity contribution in [2.24, 2.45) is 0 Å². The monoisotopic (exact) mass is 354 g/mol. The molecule has 0 fully saturated rings. The Kier molecular flexibility index (Phi) is 6.39. The summed E-state index contributed by atoms with van der Waals surface area (Å²) in [5.41, 5.74) is 4.01. The Balaban J connectivity index is 1.91. The van der Waals surface area contributed by atoms with Crippen molar-refractivity contribution < 1.29 is 14.3 Å². The fourth-order valence-corrected chi connectivity index (χ4v) is 2.55. The molecule has 0 aromatic heterocycles. The second-order valence-corrected chi connectivity index (χ2v) is 6.56. The van der Waals surface area contributed by atoms with Crippen LogP contribution in [0, 0.1) is 20.8 Å². The lowest BCUT2D eigenvalue weighted by atomic mass is 10.1. The SMILES string of the molecule is Cc1ccc(OC(C)C(=O)N(C)CC(=O)Nc2cccc(C)c2C)cc1. The molecule has 0 aliphatic carbocycles. The summed E-state index contributed by atoms with van der Waals surface area (Å²) in [5, 5.41) is 2.86. The van der Waals surface area contributed by atoms with Crippen molar-refractivity contribution in [3.63, 3.8) is 0 Å². The maximum atomic E-state index is 12.4. The van der Waals surface area contributed by atoms with Crippen LogP contribution in [0.4, 0.5) is 5.69 Å². The zero-order chi connectivity index (χ0) is 19.3. The fraction of sp³-hybridized carbons (Fsp3) is 0.333. The lowest BCUT2D eigenvalue weighted by molar-refractivity contribution is -0.139. The highest BCUT2D eigenvalue weighted by Gasteiger charge is 2.21. The molecule has 0 saturated carbocycles. The van der Waals surface area contributed by atoms with Crippen LogP contribution in [0.2, 0.25) is 0 Å². The van der Waals surface area contributed by atoms with E-state index in [2.05, 4.69) is 5.32 Å². The van der Waals surface area contributed by atoms with E-state index in [1.165, 1.54) is 4.90 Å². The van der Waals surface area contributed by atoms with Crippen LogP contribution in [0.25, 0.3) is 0 Å². The number of carbonyl (C=O) groups excluding carboxylic acids is 2. The first-order valence-corrected chi connectivity index (χ1v) is 8.62. The molecule has 2 rings (SSSR count). The number of likely N-dealkylation sites (N-methyl/N-ethyl adjacent to an activating group) is 1. The average molecular weight is 354 g/mol. The number of ether oxygens (including phenoxy) is 1. The number of benzene rings is 2. The van der Waals surface area contributed by atoms with Crippen LogP contribution < -0.4 is 10.1 Å². The number of hydrogen-bond acceptors (Lipinski definition) is 3. The van der Waals surface area contributed by atoms with Crippen LogP contribution in [-0.4, -0.2) is 36.4 Å². The van der Waals surface area contributed by atoms with Crippen LogP contribution in [0.3, 0.4) is 0 Å². The van der Waals surface area contributed by atoms with Crippen molar-refractivity contribution in [1.29, 1.82) is 0 Å². The van der Waals surface area contributed by atoms with E-state index in [-0.39, 0.29) is 18.4 Å². The molecule has 2 amide bonds. The van der Waals surface area contributed by atoms with E-state index in [1.54, 1.807) is 14.0 Å². The van der Waals surface area contributed by atoms with E-state index in [1.807, 2.05) is 63.2 Å². The number of rotatable bonds is 6. The van der Waals surface area contributed by atoms with Gasteiger partial charge in [0.15, 0.2) is 6.10 Å². The van der Waals surface area contributed by atoms with Crippen molar-refractivity contribution in [3.05, 3.63) is 59.2 Å². The molecule has 0 aliphatic heterocycles. The van der Waals surface area contributed by atoms with Gasteiger partial charge in [0, 0.05) is 12.7 Å². The van der Waals surface area contributed by atoms with Crippen LogP contribution in [0.1, 0.15) is 23.6 Å².